The molecule has 0 unspecified atom stereocenters. The number of nitrogens with one attached hydrogen (secondary N) is 1. The van der Waals surface area contributed by atoms with Crippen LogP contribution < -0.4 is 10.1 Å². The molecule has 1 saturated carbocycles. The number of ether oxygens (including phenoxy) is 1. The standard InChI is InChI=1S/C17H17BrClNO/c1-21-15-5-2-11(3-6-15)12-8-14(9-12)20-13-4-7-17(19)16(18)10-13/h2-7,10,12,14,20H,8-9H2,1H3. The summed E-state index contributed by atoms with van der Waals surface area (Å²) in [6.07, 6.45) is 2.32. The Morgan fingerprint density at radius 3 is 2.48 bits per heavy atom. The van der Waals surface area contributed by atoms with Crippen LogP contribution in [0, 0.1) is 0 Å². The van der Waals surface area contributed by atoms with Crippen LogP contribution in [0.4, 0.5) is 5.69 Å². The molecule has 3 rings (SSSR count). The summed E-state index contributed by atoms with van der Waals surface area (Å²) in [5, 5.41) is 4.30. The second-order valence-electron chi connectivity index (χ2n) is 5.41. The average molecular weight is 367 g/mol. The lowest BCUT2D eigenvalue weighted by atomic mass is 9.76. The highest BCUT2D eigenvalue weighted by Gasteiger charge is 2.30. The van der Waals surface area contributed by atoms with Crippen molar-refractivity contribution < 1.29 is 4.74 Å². The number of methoxy groups -OCH3 is 1. The second-order valence-corrected chi connectivity index (χ2v) is 6.67. The molecule has 1 aliphatic rings. The summed E-state index contributed by atoms with van der Waals surface area (Å²) in [6, 6.07) is 14.9. The Bertz CT molecular complexity index is 623. The maximum atomic E-state index is 6.01. The fourth-order valence-corrected chi connectivity index (χ4v) is 3.20. The molecule has 0 aromatic heterocycles. The molecular weight excluding hydrogens is 350 g/mol. The smallest absolute Gasteiger partial charge is 0.118 e. The summed E-state index contributed by atoms with van der Waals surface area (Å²) in [7, 11) is 1.70. The molecule has 110 valence electrons. The number of benzene rings is 2. The maximum Gasteiger partial charge on any atom is 0.118 e. The van der Waals surface area contributed by atoms with E-state index in [9.17, 15) is 0 Å². The van der Waals surface area contributed by atoms with Gasteiger partial charge in [-0.3, -0.25) is 0 Å². The van der Waals surface area contributed by atoms with Crippen LogP contribution >= 0.6 is 27.5 Å². The number of halogens is 2. The molecule has 0 aliphatic heterocycles. The van der Waals surface area contributed by atoms with Gasteiger partial charge in [0.1, 0.15) is 5.75 Å². The molecular formula is C17H17BrClNO. The zero-order valence-electron chi connectivity index (χ0n) is 11.8. The fourth-order valence-electron chi connectivity index (χ4n) is 2.71. The number of hydrogen-bond donors (Lipinski definition) is 1. The van der Waals surface area contributed by atoms with Crippen molar-refractivity contribution in [3.8, 4) is 5.75 Å². The molecule has 0 spiro atoms. The lowest BCUT2D eigenvalue weighted by Crippen LogP contribution is -2.33. The molecule has 1 aliphatic carbocycles. The van der Waals surface area contributed by atoms with Gasteiger partial charge in [0.2, 0.25) is 0 Å². The van der Waals surface area contributed by atoms with Crippen LogP contribution in [-0.4, -0.2) is 13.2 Å². The minimum Gasteiger partial charge on any atom is -0.497 e. The first-order valence-corrected chi connectivity index (χ1v) is 8.18. The Labute approximate surface area is 138 Å². The first-order valence-electron chi connectivity index (χ1n) is 7.01. The van der Waals surface area contributed by atoms with Gasteiger partial charge >= 0.3 is 0 Å². The molecule has 2 aromatic rings. The van der Waals surface area contributed by atoms with E-state index in [4.69, 9.17) is 16.3 Å². The minimum absolute atomic E-state index is 0.533. The SMILES string of the molecule is COc1ccc(C2CC(Nc3ccc(Cl)c(Br)c3)C2)cc1. The van der Waals surface area contributed by atoms with Crippen LogP contribution in [0.15, 0.2) is 46.9 Å². The van der Waals surface area contributed by atoms with Gasteiger partial charge in [-0.1, -0.05) is 23.7 Å². The molecule has 0 bridgehead atoms. The first kappa shape index (κ1) is 14.7. The highest BCUT2D eigenvalue weighted by molar-refractivity contribution is 9.10. The monoisotopic (exact) mass is 365 g/mol. The summed E-state index contributed by atoms with van der Waals surface area (Å²) >= 11 is 9.46. The zero-order valence-corrected chi connectivity index (χ0v) is 14.1. The number of anilines is 1. The Balaban J connectivity index is 1.56. The van der Waals surface area contributed by atoms with Gasteiger partial charge in [0.25, 0.3) is 0 Å². The van der Waals surface area contributed by atoms with Gasteiger partial charge in [-0.05, 0) is 70.6 Å². The summed E-state index contributed by atoms with van der Waals surface area (Å²) < 4.78 is 6.12. The van der Waals surface area contributed by atoms with Crippen molar-refractivity contribution in [2.75, 3.05) is 12.4 Å². The van der Waals surface area contributed by atoms with Gasteiger partial charge in [0, 0.05) is 16.2 Å². The minimum atomic E-state index is 0.533. The third-order valence-corrected chi connectivity index (χ3v) is 5.23. The highest BCUT2D eigenvalue weighted by Crippen LogP contribution is 2.39. The predicted molar refractivity (Wildman–Crippen MR) is 91.5 cm³/mol. The van der Waals surface area contributed by atoms with E-state index >= 15 is 0 Å². The van der Waals surface area contributed by atoms with Crippen LogP contribution in [0.1, 0.15) is 24.3 Å². The second kappa shape index (κ2) is 6.29. The molecule has 2 nitrogen and oxygen atoms in total. The van der Waals surface area contributed by atoms with Crippen LogP contribution in [0.25, 0.3) is 0 Å². The molecule has 1 N–H and O–H groups in total. The van der Waals surface area contributed by atoms with E-state index in [0.717, 1.165) is 33.8 Å². The van der Waals surface area contributed by atoms with Crippen LogP contribution in [-0.2, 0) is 0 Å². The van der Waals surface area contributed by atoms with E-state index in [0.29, 0.717) is 12.0 Å². The van der Waals surface area contributed by atoms with E-state index in [-0.39, 0.29) is 0 Å². The van der Waals surface area contributed by atoms with Crippen molar-refractivity contribution in [3.05, 3.63) is 57.5 Å². The molecule has 0 heterocycles. The fraction of sp³-hybridized carbons (Fsp3) is 0.294. The van der Waals surface area contributed by atoms with E-state index in [2.05, 4.69) is 33.4 Å². The van der Waals surface area contributed by atoms with Gasteiger partial charge in [-0.15, -0.1) is 0 Å². The molecule has 0 saturated heterocycles. The van der Waals surface area contributed by atoms with Crippen LogP contribution in [0.2, 0.25) is 5.02 Å². The lowest BCUT2D eigenvalue weighted by Gasteiger charge is -2.37. The van der Waals surface area contributed by atoms with Gasteiger partial charge in [-0.25, -0.2) is 0 Å². The summed E-state index contributed by atoms with van der Waals surface area (Å²) in [6.45, 7) is 0. The number of rotatable bonds is 4. The maximum absolute atomic E-state index is 6.01. The predicted octanol–water partition coefficient (Wildman–Crippen LogP) is 5.47. The van der Waals surface area contributed by atoms with Crippen LogP contribution in [0.3, 0.4) is 0 Å². The Morgan fingerprint density at radius 2 is 1.86 bits per heavy atom. The third kappa shape index (κ3) is 3.35. The molecule has 21 heavy (non-hydrogen) atoms. The van der Waals surface area contributed by atoms with Gasteiger partial charge in [0.15, 0.2) is 0 Å². The zero-order chi connectivity index (χ0) is 14.8. The van der Waals surface area contributed by atoms with Gasteiger partial charge in [0.05, 0.1) is 12.1 Å². The highest BCUT2D eigenvalue weighted by atomic mass is 79.9. The first-order chi connectivity index (χ1) is 10.2. The molecule has 4 heteroatoms. The van der Waals surface area contributed by atoms with Crippen molar-refractivity contribution >= 4 is 33.2 Å². The normalized spacial score (nSPS) is 20.7. The topological polar surface area (TPSA) is 21.3 Å². The quantitative estimate of drug-likeness (QED) is 0.774. The molecule has 2 aromatic carbocycles. The van der Waals surface area contributed by atoms with Crippen molar-refractivity contribution in [2.45, 2.75) is 24.8 Å². The van der Waals surface area contributed by atoms with Crippen molar-refractivity contribution in [1.82, 2.24) is 0 Å². The van der Waals surface area contributed by atoms with Crippen molar-refractivity contribution in [3.63, 3.8) is 0 Å². The Hall–Kier alpha value is -1.19. The summed E-state index contributed by atoms with van der Waals surface area (Å²) in [4.78, 5) is 0. The molecule has 1 fully saturated rings. The van der Waals surface area contributed by atoms with E-state index in [1.165, 1.54) is 5.56 Å². The summed E-state index contributed by atoms with van der Waals surface area (Å²) in [5.41, 5.74) is 2.51. The van der Waals surface area contributed by atoms with Crippen molar-refractivity contribution in [1.29, 1.82) is 0 Å². The van der Waals surface area contributed by atoms with Crippen LogP contribution in [0.5, 0.6) is 5.75 Å². The van der Waals surface area contributed by atoms with Gasteiger partial charge < -0.3 is 10.1 Å². The third-order valence-electron chi connectivity index (χ3n) is 4.02. The van der Waals surface area contributed by atoms with E-state index in [1.54, 1.807) is 7.11 Å². The molecule has 0 atom stereocenters. The Morgan fingerprint density at radius 1 is 1.14 bits per heavy atom. The Kier molecular flexibility index (Phi) is 4.41. The van der Waals surface area contributed by atoms with Crippen molar-refractivity contribution in [2.24, 2.45) is 0 Å². The van der Waals surface area contributed by atoms with E-state index in [1.807, 2.05) is 30.3 Å². The largest absolute Gasteiger partial charge is 0.497 e. The average Bonchev–Trinajstić information content (AvgIpc) is 2.46. The molecule has 0 amide bonds. The molecule has 0 radical (unpaired) electrons. The lowest BCUT2D eigenvalue weighted by molar-refractivity contribution is 0.373. The van der Waals surface area contributed by atoms with E-state index < -0.39 is 0 Å². The number of hydrogen-bond acceptors (Lipinski definition) is 2. The summed E-state index contributed by atoms with van der Waals surface area (Å²) in [5.74, 6) is 1.56. The van der Waals surface area contributed by atoms with Gasteiger partial charge in [-0.2, -0.15) is 0 Å².